The van der Waals surface area contributed by atoms with Crippen LogP contribution < -0.4 is 0 Å². The molecule has 0 unspecified atom stereocenters. The van der Waals surface area contributed by atoms with Gasteiger partial charge in [-0.05, 0) is 101 Å². The molecule has 50 heavy (non-hydrogen) atoms. The van der Waals surface area contributed by atoms with Crippen LogP contribution in [0.15, 0.2) is 170 Å². The fraction of sp³-hybridized carbons (Fsp3) is 0. The summed E-state index contributed by atoms with van der Waals surface area (Å²) >= 11 is 0. The minimum atomic E-state index is 0.534. The number of hydrogen-bond donors (Lipinski definition) is 0. The summed E-state index contributed by atoms with van der Waals surface area (Å²) in [6.07, 6.45) is 0. The van der Waals surface area contributed by atoms with Crippen molar-refractivity contribution in [1.29, 1.82) is 10.5 Å². The summed E-state index contributed by atoms with van der Waals surface area (Å²) in [5.74, 6) is 0. The molecule has 0 atom stereocenters. The Hall–Kier alpha value is -7.00. The molecule has 0 aliphatic carbocycles. The fourth-order valence-corrected chi connectivity index (χ4v) is 7.54. The number of nitrogens with zero attached hydrogens (tertiary/aromatic N) is 2. The Morgan fingerprint density at radius 3 is 0.880 bits per heavy atom. The van der Waals surface area contributed by atoms with E-state index in [1.807, 2.05) is 12.1 Å². The highest BCUT2D eigenvalue weighted by molar-refractivity contribution is 6.14. The molecule has 0 radical (unpaired) electrons. The molecule has 9 rings (SSSR count). The lowest BCUT2D eigenvalue weighted by Gasteiger charge is -2.15. The van der Waals surface area contributed by atoms with Crippen LogP contribution >= 0.6 is 0 Å². The first kappa shape index (κ1) is 29.2. The zero-order valence-electron chi connectivity index (χ0n) is 27.1. The highest BCUT2D eigenvalue weighted by Crippen LogP contribution is 2.40. The van der Waals surface area contributed by atoms with Crippen LogP contribution in [-0.4, -0.2) is 0 Å². The molecule has 0 fully saturated rings. The highest BCUT2D eigenvalue weighted by atomic mass is 14.3. The molecule has 2 heteroatoms. The lowest BCUT2D eigenvalue weighted by molar-refractivity contribution is 1.44. The molecule has 0 aliphatic rings. The quantitative estimate of drug-likeness (QED) is 0.181. The van der Waals surface area contributed by atoms with Gasteiger partial charge in [0.05, 0.1) is 23.3 Å². The van der Waals surface area contributed by atoms with Gasteiger partial charge in [0.2, 0.25) is 0 Å². The zero-order valence-corrected chi connectivity index (χ0v) is 27.1. The van der Waals surface area contributed by atoms with Gasteiger partial charge in [-0.1, -0.05) is 146 Å². The van der Waals surface area contributed by atoms with Crippen molar-refractivity contribution in [2.24, 2.45) is 0 Å². The molecular formula is C48H28N2. The first-order chi connectivity index (χ1) is 24.7. The number of rotatable bonds is 4. The van der Waals surface area contributed by atoms with Crippen LogP contribution in [-0.2, 0) is 0 Å². The molecule has 0 spiro atoms. The van der Waals surface area contributed by atoms with E-state index in [-0.39, 0.29) is 0 Å². The topological polar surface area (TPSA) is 47.6 Å². The smallest absolute Gasteiger partial charge is 0.0998 e. The van der Waals surface area contributed by atoms with Crippen molar-refractivity contribution in [3.05, 3.63) is 181 Å². The summed E-state index contributed by atoms with van der Waals surface area (Å²) in [7, 11) is 0. The van der Waals surface area contributed by atoms with E-state index in [0.717, 1.165) is 33.4 Å². The van der Waals surface area contributed by atoms with E-state index in [1.54, 1.807) is 0 Å². The second-order valence-corrected chi connectivity index (χ2v) is 12.7. The van der Waals surface area contributed by atoms with E-state index in [4.69, 9.17) is 0 Å². The van der Waals surface area contributed by atoms with Crippen LogP contribution in [0.5, 0.6) is 0 Å². The van der Waals surface area contributed by atoms with Gasteiger partial charge in [0.15, 0.2) is 0 Å². The van der Waals surface area contributed by atoms with E-state index >= 15 is 0 Å². The summed E-state index contributed by atoms with van der Waals surface area (Å²) in [6, 6.07) is 63.7. The summed E-state index contributed by atoms with van der Waals surface area (Å²) in [4.78, 5) is 0. The van der Waals surface area contributed by atoms with Gasteiger partial charge < -0.3 is 0 Å². The van der Waals surface area contributed by atoms with Crippen LogP contribution in [0, 0.1) is 22.7 Å². The van der Waals surface area contributed by atoms with Gasteiger partial charge in [-0.15, -0.1) is 0 Å². The Kier molecular flexibility index (Phi) is 6.95. The van der Waals surface area contributed by atoms with E-state index in [1.165, 1.54) is 54.2 Å². The molecule has 0 saturated carbocycles. The lowest BCUT2D eigenvalue weighted by atomic mass is 9.88. The van der Waals surface area contributed by atoms with Gasteiger partial charge in [0.1, 0.15) is 0 Å². The van der Waals surface area contributed by atoms with Gasteiger partial charge in [-0.25, -0.2) is 0 Å². The van der Waals surface area contributed by atoms with E-state index in [2.05, 4.69) is 170 Å². The summed E-state index contributed by atoms with van der Waals surface area (Å²) in [6.45, 7) is 0. The van der Waals surface area contributed by atoms with Crippen molar-refractivity contribution in [2.75, 3.05) is 0 Å². The average Bonchev–Trinajstić information content (AvgIpc) is 3.18. The molecule has 230 valence electrons. The normalized spacial score (nSPS) is 11.2. The molecule has 0 aromatic heterocycles. The molecule has 9 aromatic carbocycles. The summed E-state index contributed by atoms with van der Waals surface area (Å²) < 4.78 is 0. The van der Waals surface area contributed by atoms with Gasteiger partial charge in [-0.3, -0.25) is 0 Å². The maximum atomic E-state index is 10.3. The monoisotopic (exact) mass is 632 g/mol. The van der Waals surface area contributed by atoms with Crippen LogP contribution in [0.4, 0.5) is 0 Å². The zero-order chi connectivity index (χ0) is 33.6. The standard InChI is InChI=1S/C48H28N2/c49-29-39-28-46(32-19-23-34(24-20-32)48-43-15-7-3-11-37(43)26-38-12-4-8-16-44(38)48)40(30-50)27-45(39)31-17-21-33(22-18-31)47-41-13-5-1-9-35(41)25-36-10-2-6-14-42(36)47/h1-28H. The van der Waals surface area contributed by atoms with Gasteiger partial charge in [0, 0.05) is 11.1 Å². The van der Waals surface area contributed by atoms with Crippen molar-refractivity contribution < 1.29 is 0 Å². The minimum absolute atomic E-state index is 0.534. The number of fused-ring (bicyclic) bond motifs is 4. The fourth-order valence-electron chi connectivity index (χ4n) is 7.54. The highest BCUT2D eigenvalue weighted by Gasteiger charge is 2.16. The van der Waals surface area contributed by atoms with Crippen LogP contribution in [0.1, 0.15) is 11.1 Å². The second-order valence-electron chi connectivity index (χ2n) is 12.7. The Labute approximate surface area is 290 Å². The van der Waals surface area contributed by atoms with E-state index < -0.39 is 0 Å². The molecule has 0 bridgehead atoms. The molecule has 9 aromatic rings. The van der Waals surface area contributed by atoms with Gasteiger partial charge in [-0.2, -0.15) is 10.5 Å². The Morgan fingerprint density at radius 1 is 0.300 bits per heavy atom. The van der Waals surface area contributed by atoms with Crippen molar-refractivity contribution in [3.8, 4) is 56.6 Å². The predicted octanol–water partition coefficient (Wildman–Crippen LogP) is 12.7. The number of hydrogen-bond acceptors (Lipinski definition) is 2. The Bertz CT molecular complexity index is 2560. The number of benzene rings is 9. The van der Waals surface area contributed by atoms with Crippen molar-refractivity contribution >= 4 is 43.1 Å². The minimum Gasteiger partial charge on any atom is -0.192 e. The molecule has 0 N–H and O–H groups in total. The molecule has 0 aliphatic heterocycles. The lowest BCUT2D eigenvalue weighted by Crippen LogP contribution is -1.93. The van der Waals surface area contributed by atoms with Crippen LogP contribution in [0.3, 0.4) is 0 Å². The Balaban J connectivity index is 1.11. The first-order valence-corrected chi connectivity index (χ1v) is 16.7. The average molecular weight is 633 g/mol. The van der Waals surface area contributed by atoms with Crippen molar-refractivity contribution in [1.82, 2.24) is 0 Å². The van der Waals surface area contributed by atoms with E-state index in [0.29, 0.717) is 11.1 Å². The summed E-state index contributed by atoms with van der Waals surface area (Å²) in [5, 5.41) is 30.3. The third kappa shape index (κ3) is 4.79. The van der Waals surface area contributed by atoms with Crippen LogP contribution in [0.25, 0.3) is 87.6 Å². The third-order valence-electron chi connectivity index (χ3n) is 9.91. The third-order valence-corrected chi connectivity index (χ3v) is 9.91. The summed E-state index contributed by atoms with van der Waals surface area (Å²) in [5.41, 5.74) is 8.97. The molecule has 0 saturated heterocycles. The van der Waals surface area contributed by atoms with E-state index in [9.17, 15) is 10.5 Å². The van der Waals surface area contributed by atoms with Gasteiger partial charge in [0.25, 0.3) is 0 Å². The van der Waals surface area contributed by atoms with Crippen molar-refractivity contribution in [2.45, 2.75) is 0 Å². The maximum Gasteiger partial charge on any atom is 0.0998 e. The number of nitriles is 2. The predicted molar refractivity (Wildman–Crippen MR) is 208 cm³/mol. The Morgan fingerprint density at radius 2 is 0.580 bits per heavy atom. The molecule has 0 amide bonds. The molecular weight excluding hydrogens is 605 g/mol. The molecule has 2 nitrogen and oxygen atoms in total. The van der Waals surface area contributed by atoms with Gasteiger partial charge >= 0.3 is 0 Å². The first-order valence-electron chi connectivity index (χ1n) is 16.7. The van der Waals surface area contributed by atoms with Crippen LogP contribution in [0.2, 0.25) is 0 Å². The van der Waals surface area contributed by atoms with Crippen molar-refractivity contribution in [3.63, 3.8) is 0 Å². The SMILES string of the molecule is N#Cc1cc(-c2ccc(-c3c4ccccc4cc4ccccc34)cc2)c(C#N)cc1-c1ccc(-c2c3ccccc3cc3ccccc23)cc1. The molecule has 0 heterocycles. The second kappa shape index (κ2) is 11.9. The largest absolute Gasteiger partial charge is 0.192 e. The maximum absolute atomic E-state index is 10.3.